The number of fused-ring (bicyclic) bond motifs is 5. The number of aliphatic hydroxyl groups excluding tert-OH is 2. The van der Waals surface area contributed by atoms with Crippen LogP contribution in [0.2, 0.25) is 0 Å². The number of anilines is 2. The third-order valence-electron chi connectivity index (χ3n) is 7.19. The SMILES string of the molecule is Nc1nc2c(nnn2[C@@H]2O[C@@H]3COP(=O)(O)O[C@@H]4C(COP(=O)(O)O[C@@H]2[C@@H]3O)O[C@@H](n2cnc3c(N)ncnc32)[C@@H]4O)c(=O)[nH]1. The van der Waals surface area contributed by atoms with Gasteiger partial charge in [0.1, 0.15) is 48.5 Å². The Labute approximate surface area is 248 Å². The van der Waals surface area contributed by atoms with E-state index in [1.165, 1.54) is 10.9 Å². The Morgan fingerprint density at radius 2 is 1.58 bits per heavy atom. The number of rotatable bonds is 2. The van der Waals surface area contributed by atoms with Gasteiger partial charge < -0.3 is 40.9 Å². The van der Waals surface area contributed by atoms with Gasteiger partial charge in [-0.05, 0) is 0 Å². The monoisotopic (exact) mass is 675 g/mol. The summed E-state index contributed by atoms with van der Waals surface area (Å²) in [6, 6.07) is 0. The van der Waals surface area contributed by atoms with E-state index in [4.69, 9.17) is 39.0 Å². The molecule has 3 fully saturated rings. The zero-order valence-electron chi connectivity index (χ0n) is 22.3. The number of phosphoric acid groups is 2. The number of phosphoric ester groups is 2. The van der Waals surface area contributed by atoms with E-state index in [0.717, 1.165) is 11.0 Å². The summed E-state index contributed by atoms with van der Waals surface area (Å²) in [5.41, 5.74) is 10.5. The second-order valence-corrected chi connectivity index (χ2v) is 12.8. The van der Waals surface area contributed by atoms with E-state index in [0.29, 0.717) is 0 Å². The molecule has 7 heterocycles. The number of nitrogens with one attached hydrogen (secondary N) is 1. The molecule has 3 aliphatic heterocycles. The highest BCUT2D eigenvalue weighted by molar-refractivity contribution is 7.47. The van der Waals surface area contributed by atoms with Crippen LogP contribution in [-0.2, 0) is 36.7 Å². The summed E-state index contributed by atoms with van der Waals surface area (Å²) in [5, 5.41) is 29.6. The molecule has 9 N–H and O–H groups in total. The van der Waals surface area contributed by atoms with Crippen LogP contribution in [0.25, 0.3) is 22.3 Å². The maximum absolute atomic E-state index is 13.2. The van der Waals surface area contributed by atoms with Crippen LogP contribution in [-0.4, -0.2) is 114 Å². The molecular formula is C19H23N11O13P2. The smallest absolute Gasteiger partial charge is 0.387 e. The number of aromatic amines is 1. The topological polar surface area (TPSA) is 343 Å². The molecule has 0 radical (unpaired) electrons. The number of nitrogens with zero attached hydrogens (tertiary/aromatic N) is 8. The van der Waals surface area contributed by atoms with Gasteiger partial charge in [0.05, 0.1) is 19.5 Å². The Morgan fingerprint density at radius 3 is 2.33 bits per heavy atom. The molecule has 24 nitrogen and oxygen atoms in total. The molecule has 3 unspecified atom stereocenters. The Kier molecular flexibility index (Phi) is 7.23. The molecular weight excluding hydrogens is 652 g/mol. The highest BCUT2D eigenvalue weighted by atomic mass is 31.2. The molecule has 3 saturated heterocycles. The number of ether oxygens (including phenoxy) is 2. The number of hydrogen-bond acceptors (Lipinski definition) is 19. The molecule has 45 heavy (non-hydrogen) atoms. The van der Waals surface area contributed by atoms with Crippen molar-refractivity contribution < 1.29 is 56.7 Å². The van der Waals surface area contributed by atoms with Crippen molar-refractivity contribution in [3.8, 4) is 0 Å². The van der Waals surface area contributed by atoms with E-state index < -0.39 is 83.5 Å². The maximum atomic E-state index is 13.2. The lowest BCUT2D eigenvalue weighted by Gasteiger charge is -2.25. The summed E-state index contributed by atoms with van der Waals surface area (Å²) in [7, 11) is -10.2. The van der Waals surface area contributed by atoms with Gasteiger partial charge in [-0.25, -0.2) is 24.1 Å². The minimum absolute atomic E-state index is 0.0299. The van der Waals surface area contributed by atoms with Crippen molar-refractivity contribution in [3.05, 3.63) is 23.0 Å². The molecule has 4 aromatic heterocycles. The van der Waals surface area contributed by atoms with Crippen molar-refractivity contribution in [1.82, 2.24) is 44.5 Å². The number of hydrogen-bond donors (Lipinski definition) is 7. The van der Waals surface area contributed by atoms with E-state index in [-0.39, 0.29) is 34.1 Å². The predicted octanol–water partition coefficient (Wildman–Crippen LogP) is -2.95. The Morgan fingerprint density at radius 1 is 0.889 bits per heavy atom. The fourth-order valence-corrected chi connectivity index (χ4v) is 7.07. The van der Waals surface area contributed by atoms with E-state index in [1.54, 1.807) is 0 Å². The maximum Gasteiger partial charge on any atom is 0.472 e. The molecule has 0 amide bonds. The van der Waals surface area contributed by atoms with E-state index in [2.05, 4.69) is 35.2 Å². The Bertz CT molecular complexity index is 1940. The largest absolute Gasteiger partial charge is 0.472 e. The molecule has 26 heteroatoms. The molecule has 10 atom stereocenters. The van der Waals surface area contributed by atoms with Crippen LogP contribution < -0.4 is 17.0 Å². The van der Waals surface area contributed by atoms with Crippen molar-refractivity contribution in [2.24, 2.45) is 0 Å². The highest BCUT2D eigenvalue weighted by Gasteiger charge is 2.54. The number of H-pyrrole nitrogens is 1. The van der Waals surface area contributed by atoms with Gasteiger partial charge in [-0.3, -0.25) is 32.4 Å². The zero-order valence-corrected chi connectivity index (χ0v) is 24.1. The van der Waals surface area contributed by atoms with Crippen LogP contribution in [0.4, 0.5) is 11.8 Å². The van der Waals surface area contributed by atoms with Gasteiger partial charge >= 0.3 is 15.6 Å². The number of imidazole rings is 1. The lowest BCUT2D eigenvalue weighted by Crippen LogP contribution is -2.36. The molecule has 242 valence electrons. The fourth-order valence-electron chi connectivity index (χ4n) is 5.17. The van der Waals surface area contributed by atoms with E-state index in [9.17, 15) is 33.9 Å². The van der Waals surface area contributed by atoms with Crippen LogP contribution in [0.15, 0.2) is 17.4 Å². The second-order valence-electron chi connectivity index (χ2n) is 10.0. The lowest BCUT2D eigenvalue weighted by molar-refractivity contribution is -0.0708. The highest BCUT2D eigenvalue weighted by Crippen LogP contribution is 2.53. The second kappa shape index (κ2) is 10.8. The summed E-state index contributed by atoms with van der Waals surface area (Å²) in [4.78, 5) is 51.6. The molecule has 0 aliphatic carbocycles. The van der Waals surface area contributed by atoms with Gasteiger partial charge in [0.2, 0.25) is 5.95 Å². The summed E-state index contributed by atoms with van der Waals surface area (Å²) in [5.74, 6) is -0.294. The van der Waals surface area contributed by atoms with Gasteiger partial charge in [-0.2, -0.15) is 9.67 Å². The standard InChI is InChI=1S/C19H23N11O13P2/c20-13-7-14(23-3-22-13)29(4-24-7)17-10(32)11-6(41-17)2-39-45(36,37)43-12-9(31)5(1-38-44(34,35)42-11)40-18(12)30-15-8(27-28-30)16(33)26-19(21)25-15/h3-6,9-12,17-18,31-32H,1-2H2,(H,34,35)(H,36,37)(H2,20,22,23)(H3,21,25,26,33)/t5-,6?,9-,10-,11-,12-,17-,18-/m1/s1. The minimum Gasteiger partial charge on any atom is -0.387 e. The van der Waals surface area contributed by atoms with Crippen LogP contribution in [0.3, 0.4) is 0 Å². The van der Waals surface area contributed by atoms with Crippen LogP contribution in [0.5, 0.6) is 0 Å². The molecule has 3 aliphatic rings. The van der Waals surface area contributed by atoms with Crippen molar-refractivity contribution in [1.29, 1.82) is 0 Å². The summed E-state index contributed by atoms with van der Waals surface area (Å²) >= 11 is 0. The van der Waals surface area contributed by atoms with Crippen molar-refractivity contribution >= 4 is 49.7 Å². The molecule has 4 aromatic rings. The zero-order chi connectivity index (χ0) is 31.8. The quantitative estimate of drug-likeness (QED) is 0.104. The lowest BCUT2D eigenvalue weighted by atomic mass is 10.1. The first kappa shape index (κ1) is 30.2. The van der Waals surface area contributed by atoms with Gasteiger partial charge in [-0.15, -0.1) is 5.10 Å². The summed E-state index contributed by atoms with van der Waals surface area (Å²) in [6.45, 7) is -1.70. The average Bonchev–Trinajstić information content (AvgIpc) is 3.72. The van der Waals surface area contributed by atoms with E-state index in [1.807, 2.05) is 0 Å². The normalized spacial score (nSPS) is 37.7. The fraction of sp³-hybridized carbons (Fsp3) is 0.526. The Balaban J connectivity index is 1.21. The van der Waals surface area contributed by atoms with Gasteiger partial charge in [0.25, 0.3) is 5.56 Å². The van der Waals surface area contributed by atoms with Crippen LogP contribution in [0.1, 0.15) is 12.5 Å². The molecule has 0 spiro atoms. The molecule has 0 aromatic carbocycles. The van der Waals surface area contributed by atoms with Gasteiger partial charge in [-0.1, -0.05) is 5.21 Å². The number of aromatic nitrogens is 9. The van der Waals surface area contributed by atoms with Crippen LogP contribution >= 0.6 is 15.6 Å². The third kappa shape index (κ3) is 5.29. The summed E-state index contributed by atoms with van der Waals surface area (Å²) in [6.07, 6.45) is -10.6. The Hall–Kier alpha value is -3.51. The van der Waals surface area contributed by atoms with Gasteiger partial charge in [0.15, 0.2) is 35.1 Å². The van der Waals surface area contributed by atoms with Gasteiger partial charge in [0, 0.05) is 0 Å². The first-order chi connectivity index (χ1) is 21.3. The van der Waals surface area contributed by atoms with Crippen molar-refractivity contribution in [3.63, 3.8) is 0 Å². The number of nitrogens with two attached hydrogens (primary N) is 2. The summed E-state index contributed by atoms with van der Waals surface area (Å²) < 4.78 is 60.6. The third-order valence-corrected chi connectivity index (χ3v) is 9.16. The first-order valence-corrected chi connectivity index (χ1v) is 15.8. The van der Waals surface area contributed by atoms with Crippen LogP contribution in [0, 0.1) is 0 Å². The number of nitrogen functional groups attached to an aromatic ring is 2. The predicted molar refractivity (Wildman–Crippen MR) is 141 cm³/mol. The molecule has 7 rings (SSSR count). The van der Waals surface area contributed by atoms with Crippen molar-refractivity contribution in [2.45, 2.75) is 49.1 Å². The van der Waals surface area contributed by atoms with Crippen molar-refractivity contribution in [2.75, 3.05) is 24.7 Å². The first-order valence-electron chi connectivity index (χ1n) is 12.8. The molecule has 2 bridgehead atoms. The average molecular weight is 675 g/mol. The number of aliphatic hydroxyl groups is 2. The minimum atomic E-state index is -5.14. The van der Waals surface area contributed by atoms with E-state index >= 15 is 0 Å². The molecule has 0 saturated carbocycles.